The molecule has 3 aliphatic carbocycles. The summed E-state index contributed by atoms with van der Waals surface area (Å²) >= 11 is 0. The summed E-state index contributed by atoms with van der Waals surface area (Å²) in [7, 11) is 3.67. The molecule has 0 amide bonds. The van der Waals surface area contributed by atoms with Crippen LogP contribution in [0, 0.1) is 17.3 Å². The molecule has 0 spiro atoms. The van der Waals surface area contributed by atoms with Crippen molar-refractivity contribution in [2.24, 2.45) is 24.3 Å². The summed E-state index contributed by atoms with van der Waals surface area (Å²) in [6.07, 6.45) is 9.16. The summed E-state index contributed by atoms with van der Waals surface area (Å²) in [6.45, 7) is 2.23. The highest BCUT2D eigenvalue weighted by molar-refractivity contribution is 6.05. The lowest BCUT2D eigenvalue weighted by molar-refractivity contribution is -0.127. The van der Waals surface area contributed by atoms with Crippen LogP contribution in [0.3, 0.4) is 0 Å². The van der Waals surface area contributed by atoms with Gasteiger partial charge in [-0.15, -0.1) is 0 Å². The first kappa shape index (κ1) is 17.7. The van der Waals surface area contributed by atoms with E-state index in [-0.39, 0.29) is 5.41 Å². The highest BCUT2D eigenvalue weighted by atomic mass is 16.5. The number of ether oxygens (including phenoxy) is 1. The van der Waals surface area contributed by atoms with Gasteiger partial charge in [-0.3, -0.25) is 9.48 Å². The molecule has 0 bridgehead atoms. The van der Waals surface area contributed by atoms with E-state index in [4.69, 9.17) is 4.74 Å². The molecular weight excluding hydrogens is 348 g/mol. The Hall–Kier alpha value is -2.36. The number of nitrogens with zero attached hydrogens (tertiary/aromatic N) is 2. The normalized spacial score (nSPS) is 32.8. The number of aromatic nitrogens is 2. The highest BCUT2D eigenvalue weighted by Gasteiger charge is 2.56. The number of methoxy groups -OCH3 is 1. The second-order valence-corrected chi connectivity index (χ2v) is 9.02. The summed E-state index contributed by atoms with van der Waals surface area (Å²) < 4.78 is 7.28. The molecule has 0 saturated heterocycles. The minimum Gasteiger partial charge on any atom is -0.497 e. The van der Waals surface area contributed by atoms with Crippen LogP contribution >= 0.6 is 0 Å². The third-order valence-electron chi connectivity index (χ3n) is 7.75. The van der Waals surface area contributed by atoms with Gasteiger partial charge in [0.15, 0.2) is 5.78 Å². The van der Waals surface area contributed by atoms with Crippen molar-refractivity contribution < 1.29 is 9.53 Å². The number of carbonyl (C=O) groups is 1. The Labute approximate surface area is 166 Å². The van der Waals surface area contributed by atoms with Crippen LogP contribution in [-0.2, 0) is 18.3 Å². The molecule has 4 heteroatoms. The molecule has 3 aliphatic rings. The second kappa shape index (κ2) is 6.33. The molecule has 1 heterocycles. The predicted octanol–water partition coefficient (Wildman–Crippen LogP) is 4.55. The molecule has 5 rings (SSSR count). The Balaban J connectivity index is 1.49. The van der Waals surface area contributed by atoms with Gasteiger partial charge in [-0.2, -0.15) is 5.10 Å². The third-order valence-corrected chi connectivity index (χ3v) is 7.75. The summed E-state index contributed by atoms with van der Waals surface area (Å²) in [5.41, 5.74) is 4.76. The van der Waals surface area contributed by atoms with Crippen molar-refractivity contribution in [1.29, 1.82) is 0 Å². The molecular formula is C24H28N2O2. The van der Waals surface area contributed by atoms with E-state index < -0.39 is 0 Å². The van der Waals surface area contributed by atoms with Crippen LogP contribution in [0.4, 0.5) is 0 Å². The Morgan fingerprint density at radius 3 is 2.89 bits per heavy atom. The number of carbonyl (C=O) groups excluding carboxylic acids is 1. The number of hydrogen-bond acceptors (Lipinski definition) is 3. The Morgan fingerprint density at radius 1 is 1.29 bits per heavy atom. The molecule has 4 atom stereocenters. The number of ketones is 1. The summed E-state index contributed by atoms with van der Waals surface area (Å²) in [4.78, 5) is 13.4. The zero-order valence-corrected chi connectivity index (χ0v) is 16.9. The molecule has 0 N–H and O–H groups in total. The number of aryl methyl sites for hydroxylation is 2. The van der Waals surface area contributed by atoms with Gasteiger partial charge in [0.25, 0.3) is 0 Å². The van der Waals surface area contributed by atoms with Gasteiger partial charge in [0.05, 0.1) is 12.8 Å². The molecule has 1 aromatic heterocycles. The number of Topliss-reactive ketones (excluding diaryl/α,β-unsaturated/α-hetero) is 1. The monoisotopic (exact) mass is 376 g/mol. The van der Waals surface area contributed by atoms with Crippen molar-refractivity contribution in [3.05, 3.63) is 52.9 Å². The molecule has 2 aromatic rings. The van der Waals surface area contributed by atoms with Crippen LogP contribution in [0.2, 0.25) is 0 Å². The summed E-state index contributed by atoms with van der Waals surface area (Å²) in [5.74, 6) is 2.96. The zero-order valence-electron chi connectivity index (χ0n) is 16.9. The average Bonchev–Trinajstić information content (AvgIpc) is 3.22. The van der Waals surface area contributed by atoms with E-state index in [9.17, 15) is 4.79 Å². The van der Waals surface area contributed by atoms with E-state index >= 15 is 0 Å². The van der Waals surface area contributed by atoms with E-state index in [2.05, 4.69) is 36.3 Å². The fourth-order valence-electron chi connectivity index (χ4n) is 6.19. The first-order valence-corrected chi connectivity index (χ1v) is 10.4. The van der Waals surface area contributed by atoms with E-state index in [1.807, 2.05) is 17.8 Å². The Kier molecular flexibility index (Phi) is 4.01. The Morgan fingerprint density at radius 2 is 2.14 bits per heavy atom. The van der Waals surface area contributed by atoms with Crippen molar-refractivity contribution in [3.8, 4) is 5.75 Å². The maximum atomic E-state index is 13.4. The summed E-state index contributed by atoms with van der Waals surface area (Å²) in [6, 6.07) is 8.57. The van der Waals surface area contributed by atoms with Crippen molar-refractivity contribution in [3.63, 3.8) is 0 Å². The van der Waals surface area contributed by atoms with Gasteiger partial charge in [0.2, 0.25) is 0 Å². The molecule has 4 unspecified atom stereocenters. The maximum Gasteiger partial charge on any atom is 0.165 e. The van der Waals surface area contributed by atoms with Crippen LogP contribution in [0.25, 0.3) is 6.08 Å². The molecule has 146 valence electrons. The predicted molar refractivity (Wildman–Crippen MR) is 109 cm³/mol. The molecule has 0 aliphatic heterocycles. The third kappa shape index (κ3) is 2.50. The van der Waals surface area contributed by atoms with Gasteiger partial charge < -0.3 is 4.74 Å². The lowest BCUT2D eigenvalue weighted by atomic mass is 9.55. The average molecular weight is 377 g/mol. The molecule has 28 heavy (non-hydrogen) atoms. The van der Waals surface area contributed by atoms with Gasteiger partial charge >= 0.3 is 0 Å². The SMILES string of the molecule is COc1ccc2c(c1)CCC1C2CCC2(C)C(=O)/C(=C/c3ccnn3C)CC12. The molecule has 2 fully saturated rings. The number of allylic oxidation sites excluding steroid dienone is 1. The number of rotatable bonds is 2. The quantitative estimate of drug-likeness (QED) is 0.723. The van der Waals surface area contributed by atoms with Gasteiger partial charge in [-0.25, -0.2) is 0 Å². The number of benzene rings is 1. The van der Waals surface area contributed by atoms with Crippen molar-refractivity contribution in [1.82, 2.24) is 9.78 Å². The van der Waals surface area contributed by atoms with E-state index in [0.717, 1.165) is 42.7 Å². The standard InChI is InChI=1S/C24H28N2O2/c1-24-10-8-20-19-7-5-18(28-3)13-15(19)4-6-21(20)22(24)14-16(23(24)27)12-17-9-11-25-26(17)2/h5,7,9,11-13,20-22H,4,6,8,10,14H2,1-3H3/b16-12+. The Bertz CT molecular complexity index is 973. The van der Waals surface area contributed by atoms with E-state index in [1.54, 1.807) is 13.3 Å². The first-order valence-electron chi connectivity index (χ1n) is 10.4. The fraction of sp³-hybridized carbons (Fsp3) is 0.500. The second-order valence-electron chi connectivity index (χ2n) is 9.02. The van der Waals surface area contributed by atoms with Crippen molar-refractivity contribution in [2.75, 3.05) is 7.11 Å². The van der Waals surface area contributed by atoms with Crippen LogP contribution < -0.4 is 4.74 Å². The van der Waals surface area contributed by atoms with Gasteiger partial charge in [-0.05, 0) is 90.8 Å². The molecule has 4 nitrogen and oxygen atoms in total. The summed E-state index contributed by atoms with van der Waals surface area (Å²) in [5, 5.41) is 4.25. The lowest BCUT2D eigenvalue weighted by Gasteiger charge is -2.48. The van der Waals surface area contributed by atoms with Gasteiger partial charge in [-0.1, -0.05) is 13.0 Å². The van der Waals surface area contributed by atoms with Gasteiger partial charge in [0, 0.05) is 18.7 Å². The largest absolute Gasteiger partial charge is 0.497 e. The molecule has 0 radical (unpaired) electrons. The van der Waals surface area contributed by atoms with E-state index in [0.29, 0.717) is 23.5 Å². The maximum absolute atomic E-state index is 13.4. The lowest BCUT2D eigenvalue weighted by Crippen LogP contribution is -2.42. The van der Waals surface area contributed by atoms with Gasteiger partial charge in [0.1, 0.15) is 5.75 Å². The van der Waals surface area contributed by atoms with Crippen LogP contribution in [0.1, 0.15) is 55.3 Å². The molecule has 2 saturated carbocycles. The topological polar surface area (TPSA) is 44.1 Å². The fourth-order valence-corrected chi connectivity index (χ4v) is 6.19. The highest BCUT2D eigenvalue weighted by Crippen LogP contribution is 2.60. The van der Waals surface area contributed by atoms with Crippen LogP contribution in [-0.4, -0.2) is 22.7 Å². The smallest absolute Gasteiger partial charge is 0.165 e. The zero-order chi connectivity index (χ0) is 19.5. The van der Waals surface area contributed by atoms with E-state index in [1.165, 1.54) is 17.5 Å². The minimum atomic E-state index is -0.199. The van der Waals surface area contributed by atoms with Crippen molar-refractivity contribution >= 4 is 11.9 Å². The number of fused-ring (bicyclic) bond motifs is 5. The number of hydrogen-bond donors (Lipinski definition) is 0. The molecule has 1 aromatic carbocycles. The minimum absolute atomic E-state index is 0.199. The van der Waals surface area contributed by atoms with Crippen molar-refractivity contribution in [2.45, 2.75) is 44.9 Å². The van der Waals surface area contributed by atoms with Crippen LogP contribution in [0.5, 0.6) is 5.75 Å². The first-order chi connectivity index (χ1) is 13.5. The van der Waals surface area contributed by atoms with Crippen LogP contribution in [0.15, 0.2) is 36.0 Å².